The minimum Gasteiger partial charge on any atom is -0.395 e. The molecule has 0 aliphatic carbocycles. The average molecular weight is 287 g/mol. The summed E-state index contributed by atoms with van der Waals surface area (Å²) in [5.74, 6) is -0.656. The summed E-state index contributed by atoms with van der Waals surface area (Å²) in [6, 6.07) is 4.01. The van der Waals surface area contributed by atoms with Crippen molar-refractivity contribution in [3.05, 3.63) is 34.6 Å². The number of halogens is 2. The monoisotopic (exact) mass is 286 g/mol. The van der Waals surface area contributed by atoms with Crippen molar-refractivity contribution in [2.45, 2.75) is 0 Å². The van der Waals surface area contributed by atoms with Gasteiger partial charge in [0.05, 0.1) is 11.6 Å². The molecule has 1 aliphatic rings. The minimum absolute atomic E-state index is 0.0373. The van der Waals surface area contributed by atoms with Gasteiger partial charge in [-0.1, -0.05) is 11.6 Å². The Morgan fingerprint density at radius 3 is 2.58 bits per heavy atom. The number of aliphatic hydroxyl groups is 1. The zero-order valence-electron chi connectivity index (χ0n) is 10.5. The zero-order chi connectivity index (χ0) is 13.8. The van der Waals surface area contributed by atoms with Crippen molar-refractivity contribution in [1.82, 2.24) is 9.80 Å². The fourth-order valence-corrected chi connectivity index (χ4v) is 2.31. The second-order valence-corrected chi connectivity index (χ2v) is 4.89. The minimum atomic E-state index is -0.522. The highest BCUT2D eigenvalue weighted by molar-refractivity contribution is 6.31. The molecule has 19 heavy (non-hydrogen) atoms. The molecule has 0 radical (unpaired) electrons. The van der Waals surface area contributed by atoms with E-state index in [0.29, 0.717) is 25.2 Å². The van der Waals surface area contributed by atoms with Crippen LogP contribution in [-0.2, 0) is 0 Å². The number of carbonyl (C=O) groups excluding carboxylic acids is 1. The normalized spacial score (nSPS) is 16.7. The van der Waals surface area contributed by atoms with Gasteiger partial charge in [0.2, 0.25) is 0 Å². The second-order valence-electron chi connectivity index (χ2n) is 4.49. The van der Waals surface area contributed by atoms with E-state index >= 15 is 0 Å². The molecule has 1 aliphatic heterocycles. The number of carbonyl (C=O) groups is 1. The summed E-state index contributed by atoms with van der Waals surface area (Å²) in [6.07, 6.45) is 0. The van der Waals surface area contributed by atoms with Crippen LogP contribution in [0.3, 0.4) is 0 Å². The number of hydrogen-bond donors (Lipinski definition) is 1. The van der Waals surface area contributed by atoms with Gasteiger partial charge in [0, 0.05) is 38.3 Å². The van der Waals surface area contributed by atoms with E-state index in [9.17, 15) is 9.18 Å². The van der Waals surface area contributed by atoms with E-state index in [0.717, 1.165) is 13.1 Å². The van der Waals surface area contributed by atoms with Gasteiger partial charge in [-0.25, -0.2) is 4.39 Å². The maximum Gasteiger partial charge on any atom is 0.253 e. The number of amides is 1. The molecular formula is C13H16ClFN2O2. The summed E-state index contributed by atoms with van der Waals surface area (Å²) in [6.45, 7) is 3.44. The SMILES string of the molecule is O=C(c1ccc(F)c(Cl)c1)N1CCN(CCO)CC1. The van der Waals surface area contributed by atoms with E-state index < -0.39 is 5.82 Å². The third-order valence-electron chi connectivity index (χ3n) is 3.24. The van der Waals surface area contributed by atoms with Crippen molar-refractivity contribution in [3.63, 3.8) is 0 Å². The third-order valence-corrected chi connectivity index (χ3v) is 3.53. The Hall–Kier alpha value is -1.17. The van der Waals surface area contributed by atoms with Gasteiger partial charge in [-0.05, 0) is 18.2 Å². The maximum atomic E-state index is 13.1. The molecular weight excluding hydrogens is 271 g/mol. The molecule has 0 saturated carbocycles. The molecule has 0 atom stereocenters. The van der Waals surface area contributed by atoms with E-state index in [4.69, 9.17) is 16.7 Å². The highest BCUT2D eigenvalue weighted by Gasteiger charge is 2.22. The molecule has 0 bridgehead atoms. The lowest BCUT2D eigenvalue weighted by Gasteiger charge is -2.34. The zero-order valence-corrected chi connectivity index (χ0v) is 11.2. The van der Waals surface area contributed by atoms with Crippen LogP contribution in [0.15, 0.2) is 18.2 Å². The van der Waals surface area contributed by atoms with Crippen molar-refractivity contribution in [3.8, 4) is 0 Å². The summed E-state index contributed by atoms with van der Waals surface area (Å²) in [5.41, 5.74) is 0.405. The summed E-state index contributed by atoms with van der Waals surface area (Å²) in [7, 11) is 0. The maximum absolute atomic E-state index is 13.1. The Morgan fingerprint density at radius 2 is 2.00 bits per heavy atom. The van der Waals surface area contributed by atoms with Gasteiger partial charge in [-0.2, -0.15) is 0 Å². The number of hydrogen-bond acceptors (Lipinski definition) is 3. The molecule has 1 heterocycles. The molecule has 1 aromatic carbocycles. The Labute approximate surface area is 116 Å². The van der Waals surface area contributed by atoms with Crippen molar-refractivity contribution >= 4 is 17.5 Å². The van der Waals surface area contributed by atoms with Gasteiger partial charge in [-0.15, -0.1) is 0 Å². The number of β-amino-alcohol motifs (C(OH)–C–C–N with tert-alkyl or cyclic N) is 1. The largest absolute Gasteiger partial charge is 0.395 e. The fourth-order valence-electron chi connectivity index (χ4n) is 2.13. The number of rotatable bonds is 3. The second kappa shape index (κ2) is 6.32. The first kappa shape index (κ1) is 14.2. The Balaban J connectivity index is 1.99. The predicted octanol–water partition coefficient (Wildman–Crippen LogP) is 1.23. The molecule has 0 aromatic heterocycles. The summed E-state index contributed by atoms with van der Waals surface area (Å²) in [4.78, 5) is 16.0. The van der Waals surface area contributed by atoms with Crippen LogP contribution in [-0.4, -0.2) is 60.1 Å². The van der Waals surface area contributed by atoms with E-state index in [1.54, 1.807) is 4.90 Å². The molecule has 2 rings (SSSR count). The molecule has 6 heteroatoms. The van der Waals surface area contributed by atoms with Crippen LogP contribution in [0.1, 0.15) is 10.4 Å². The Kier molecular flexibility index (Phi) is 4.74. The quantitative estimate of drug-likeness (QED) is 0.909. The average Bonchev–Trinajstić information content (AvgIpc) is 2.42. The third kappa shape index (κ3) is 3.43. The van der Waals surface area contributed by atoms with Crippen LogP contribution in [0.4, 0.5) is 4.39 Å². The van der Waals surface area contributed by atoms with Crippen molar-refractivity contribution in [2.75, 3.05) is 39.3 Å². The van der Waals surface area contributed by atoms with Crippen LogP contribution in [0.5, 0.6) is 0 Å². The van der Waals surface area contributed by atoms with Gasteiger partial charge in [-0.3, -0.25) is 9.69 Å². The molecule has 104 valence electrons. The molecule has 1 N–H and O–H groups in total. The van der Waals surface area contributed by atoms with Crippen LogP contribution in [0, 0.1) is 5.82 Å². The van der Waals surface area contributed by atoms with Gasteiger partial charge in [0.15, 0.2) is 0 Å². The van der Waals surface area contributed by atoms with E-state index in [-0.39, 0.29) is 17.5 Å². The van der Waals surface area contributed by atoms with Gasteiger partial charge in [0.1, 0.15) is 5.82 Å². The highest BCUT2D eigenvalue weighted by Crippen LogP contribution is 2.17. The first-order valence-corrected chi connectivity index (χ1v) is 6.57. The number of nitrogens with zero attached hydrogens (tertiary/aromatic N) is 2. The number of aliphatic hydroxyl groups excluding tert-OH is 1. The van der Waals surface area contributed by atoms with Gasteiger partial charge in [0.25, 0.3) is 5.91 Å². The first-order chi connectivity index (χ1) is 9.11. The molecule has 1 saturated heterocycles. The summed E-state index contributed by atoms with van der Waals surface area (Å²) >= 11 is 5.68. The van der Waals surface area contributed by atoms with Crippen LogP contribution in [0.25, 0.3) is 0 Å². The van der Waals surface area contributed by atoms with Gasteiger partial charge >= 0.3 is 0 Å². The molecule has 4 nitrogen and oxygen atoms in total. The number of piperazine rings is 1. The topological polar surface area (TPSA) is 43.8 Å². The summed E-state index contributed by atoms with van der Waals surface area (Å²) in [5, 5.41) is 8.82. The Bertz CT molecular complexity index is 462. The van der Waals surface area contributed by atoms with Crippen molar-refractivity contribution in [1.29, 1.82) is 0 Å². The standard InChI is InChI=1S/C13H16ClFN2O2/c14-11-9-10(1-2-12(11)15)13(19)17-5-3-16(4-6-17)7-8-18/h1-2,9,18H,3-8H2. The Morgan fingerprint density at radius 1 is 1.32 bits per heavy atom. The molecule has 1 fully saturated rings. The molecule has 1 amide bonds. The predicted molar refractivity (Wildman–Crippen MR) is 70.8 cm³/mol. The van der Waals surface area contributed by atoms with E-state index in [2.05, 4.69) is 4.90 Å². The molecule has 0 unspecified atom stereocenters. The lowest BCUT2D eigenvalue weighted by atomic mass is 10.1. The summed E-state index contributed by atoms with van der Waals surface area (Å²) < 4.78 is 13.1. The first-order valence-electron chi connectivity index (χ1n) is 6.19. The van der Waals surface area contributed by atoms with Crippen LogP contribution in [0.2, 0.25) is 5.02 Å². The van der Waals surface area contributed by atoms with Crippen LogP contribution >= 0.6 is 11.6 Å². The molecule has 1 aromatic rings. The van der Waals surface area contributed by atoms with E-state index in [1.165, 1.54) is 18.2 Å². The highest BCUT2D eigenvalue weighted by atomic mass is 35.5. The van der Waals surface area contributed by atoms with Crippen LogP contribution < -0.4 is 0 Å². The molecule has 0 spiro atoms. The lowest BCUT2D eigenvalue weighted by Crippen LogP contribution is -2.49. The lowest BCUT2D eigenvalue weighted by molar-refractivity contribution is 0.0615. The van der Waals surface area contributed by atoms with Gasteiger partial charge < -0.3 is 10.0 Å². The smallest absolute Gasteiger partial charge is 0.253 e. The number of benzene rings is 1. The van der Waals surface area contributed by atoms with Crippen molar-refractivity contribution in [2.24, 2.45) is 0 Å². The van der Waals surface area contributed by atoms with E-state index in [1.807, 2.05) is 0 Å². The van der Waals surface area contributed by atoms with Crippen molar-refractivity contribution < 1.29 is 14.3 Å². The fraction of sp³-hybridized carbons (Fsp3) is 0.462.